The van der Waals surface area contributed by atoms with Crippen molar-refractivity contribution in [2.24, 2.45) is 0 Å². The molecule has 0 saturated carbocycles. The Hall–Kier alpha value is -1.50. The lowest BCUT2D eigenvalue weighted by Gasteiger charge is -2.38. The zero-order valence-corrected chi connectivity index (χ0v) is 13.8. The van der Waals surface area contributed by atoms with E-state index in [1.807, 2.05) is 0 Å². The van der Waals surface area contributed by atoms with Crippen LogP contribution in [-0.4, -0.2) is 66.8 Å². The molecule has 1 fully saturated rings. The van der Waals surface area contributed by atoms with Gasteiger partial charge in [-0.2, -0.15) is 0 Å². The van der Waals surface area contributed by atoms with Crippen molar-refractivity contribution < 1.29 is 19.0 Å². The van der Waals surface area contributed by atoms with Gasteiger partial charge in [0.15, 0.2) is 0 Å². The monoisotopic (exact) mass is 324 g/mol. The van der Waals surface area contributed by atoms with Gasteiger partial charge in [-0.3, -0.25) is 9.80 Å². The number of hydrogen-bond acceptors (Lipinski definition) is 5. The van der Waals surface area contributed by atoms with E-state index in [2.05, 4.69) is 16.7 Å². The van der Waals surface area contributed by atoms with E-state index in [0.717, 1.165) is 38.2 Å². The molecule has 128 valence electrons. The summed E-state index contributed by atoms with van der Waals surface area (Å²) in [5.41, 5.74) is 1.07. The van der Waals surface area contributed by atoms with Crippen LogP contribution in [-0.2, 0) is 11.3 Å². The van der Waals surface area contributed by atoms with Crippen LogP contribution in [0.5, 0.6) is 0 Å². The molecular weight excluding hydrogens is 299 g/mol. The van der Waals surface area contributed by atoms with E-state index < -0.39 is 11.8 Å². The van der Waals surface area contributed by atoms with E-state index >= 15 is 0 Å². The second kappa shape index (κ2) is 8.38. The number of ether oxygens (including phenoxy) is 1. The van der Waals surface area contributed by atoms with E-state index in [0.29, 0.717) is 6.54 Å². The third-order valence-corrected chi connectivity index (χ3v) is 4.48. The number of hydrogen-bond donors (Lipinski definition) is 1. The van der Waals surface area contributed by atoms with E-state index in [9.17, 15) is 14.3 Å². The third-order valence-electron chi connectivity index (χ3n) is 4.48. The van der Waals surface area contributed by atoms with Crippen LogP contribution in [0.25, 0.3) is 0 Å². The van der Waals surface area contributed by atoms with Crippen molar-refractivity contribution in [2.75, 3.05) is 39.9 Å². The first kappa shape index (κ1) is 17.8. The lowest BCUT2D eigenvalue weighted by molar-refractivity contribution is 0.0571. The van der Waals surface area contributed by atoms with Gasteiger partial charge in [-0.15, -0.1) is 0 Å². The number of piperazine rings is 1. The summed E-state index contributed by atoms with van der Waals surface area (Å²) >= 11 is 0. The van der Waals surface area contributed by atoms with Crippen LogP contribution in [0.1, 0.15) is 29.3 Å². The fourth-order valence-electron chi connectivity index (χ4n) is 3.02. The topological polar surface area (TPSA) is 53.0 Å². The Kier molecular flexibility index (Phi) is 6.50. The quantitative estimate of drug-likeness (QED) is 0.804. The van der Waals surface area contributed by atoms with Crippen LogP contribution < -0.4 is 0 Å². The molecule has 1 aromatic carbocycles. The van der Waals surface area contributed by atoms with Crippen LogP contribution in [0, 0.1) is 5.82 Å². The van der Waals surface area contributed by atoms with Crippen molar-refractivity contribution in [1.82, 2.24) is 9.80 Å². The fourth-order valence-corrected chi connectivity index (χ4v) is 3.02. The molecule has 23 heavy (non-hydrogen) atoms. The maximum atomic E-state index is 13.4. The highest BCUT2D eigenvalue weighted by Crippen LogP contribution is 2.17. The number of aliphatic hydroxyl groups excluding tert-OH is 1. The second-order valence-corrected chi connectivity index (χ2v) is 5.85. The predicted molar refractivity (Wildman–Crippen MR) is 85.8 cm³/mol. The first-order valence-electron chi connectivity index (χ1n) is 8.03. The molecule has 0 aliphatic carbocycles. The lowest BCUT2D eigenvalue weighted by atomic mass is 10.1. The Morgan fingerprint density at radius 2 is 2.04 bits per heavy atom. The predicted octanol–water partition coefficient (Wildman–Crippen LogP) is 1.50. The molecule has 5 nitrogen and oxygen atoms in total. The molecule has 1 heterocycles. The van der Waals surface area contributed by atoms with Crippen molar-refractivity contribution in [3.8, 4) is 0 Å². The lowest BCUT2D eigenvalue weighted by Crippen LogP contribution is -2.50. The summed E-state index contributed by atoms with van der Waals surface area (Å²) in [5, 5.41) is 9.39. The molecule has 0 aromatic heterocycles. The Labute approximate surface area is 136 Å². The summed E-state index contributed by atoms with van der Waals surface area (Å²) in [5.74, 6) is -0.947. The molecule has 6 heteroatoms. The van der Waals surface area contributed by atoms with Gasteiger partial charge >= 0.3 is 5.97 Å². The third kappa shape index (κ3) is 4.50. The number of aliphatic hydroxyl groups is 1. The van der Waals surface area contributed by atoms with Crippen LogP contribution in [0.4, 0.5) is 4.39 Å². The second-order valence-electron chi connectivity index (χ2n) is 5.85. The van der Waals surface area contributed by atoms with Crippen molar-refractivity contribution in [3.05, 3.63) is 35.1 Å². The minimum absolute atomic E-state index is 0.181. The zero-order chi connectivity index (χ0) is 16.8. The molecule has 1 unspecified atom stereocenters. The maximum absolute atomic E-state index is 13.4. The zero-order valence-electron chi connectivity index (χ0n) is 13.8. The summed E-state index contributed by atoms with van der Waals surface area (Å²) in [6.45, 7) is 6.33. The highest BCUT2D eigenvalue weighted by Gasteiger charge is 2.23. The van der Waals surface area contributed by atoms with E-state index in [4.69, 9.17) is 4.74 Å². The molecule has 1 aromatic rings. The van der Waals surface area contributed by atoms with Gasteiger partial charge in [0.05, 0.1) is 19.3 Å². The number of carbonyl (C=O) groups is 1. The van der Waals surface area contributed by atoms with Gasteiger partial charge in [0.1, 0.15) is 5.82 Å². The summed E-state index contributed by atoms with van der Waals surface area (Å²) in [6.07, 6.45) is 0.931. The number of nitrogens with zero attached hydrogens (tertiary/aromatic N) is 2. The Morgan fingerprint density at radius 1 is 1.35 bits per heavy atom. The number of methoxy groups -OCH3 is 1. The minimum atomic E-state index is -0.510. The first-order valence-corrected chi connectivity index (χ1v) is 8.03. The molecule has 2 rings (SSSR count). The van der Waals surface area contributed by atoms with E-state index in [-0.39, 0.29) is 18.2 Å². The molecular formula is C17H25FN2O3. The molecule has 0 amide bonds. The summed E-state index contributed by atoms with van der Waals surface area (Å²) in [6, 6.07) is 4.47. The van der Waals surface area contributed by atoms with Crippen molar-refractivity contribution in [2.45, 2.75) is 25.9 Å². The van der Waals surface area contributed by atoms with Crippen LogP contribution >= 0.6 is 0 Å². The summed E-state index contributed by atoms with van der Waals surface area (Å²) in [4.78, 5) is 16.3. The van der Waals surface area contributed by atoms with Gasteiger partial charge in [0, 0.05) is 38.8 Å². The SMILES string of the molecule is CCC(CO)N1CCN(Cc2ccc(F)cc2C(=O)OC)CC1. The highest BCUT2D eigenvalue weighted by molar-refractivity contribution is 5.91. The van der Waals surface area contributed by atoms with Crippen molar-refractivity contribution >= 4 is 5.97 Å². The molecule has 1 aliphatic rings. The Balaban J connectivity index is 2.00. The van der Waals surface area contributed by atoms with Gasteiger partial charge in [-0.05, 0) is 24.1 Å². The fraction of sp³-hybridized carbons (Fsp3) is 0.588. The maximum Gasteiger partial charge on any atom is 0.338 e. The molecule has 1 saturated heterocycles. The average molecular weight is 324 g/mol. The summed E-state index contributed by atoms with van der Waals surface area (Å²) < 4.78 is 18.1. The standard InChI is InChI=1S/C17H25FN2O3/c1-3-15(12-21)20-8-6-19(7-9-20)11-13-4-5-14(18)10-16(13)17(22)23-2/h4-5,10,15,21H,3,6-9,11-12H2,1-2H3. The molecule has 0 spiro atoms. The Bertz CT molecular complexity index is 527. The van der Waals surface area contributed by atoms with Gasteiger partial charge in [-0.1, -0.05) is 13.0 Å². The number of halogens is 1. The first-order chi connectivity index (χ1) is 11.1. The smallest absolute Gasteiger partial charge is 0.338 e. The number of rotatable bonds is 6. The average Bonchev–Trinajstić information content (AvgIpc) is 2.58. The van der Waals surface area contributed by atoms with Gasteiger partial charge in [0.2, 0.25) is 0 Å². The molecule has 0 radical (unpaired) electrons. The highest BCUT2D eigenvalue weighted by atomic mass is 19.1. The van der Waals surface area contributed by atoms with Crippen molar-refractivity contribution in [3.63, 3.8) is 0 Å². The van der Waals surface area contributed by atoms with Gasteiger partial charge in [0.25, 0.3) is 0 Å². The molecule has 0 bridgehead atoms. The van der Waals surface area contributed by atoms with Gasteiger partial charge in [-0.25, -0.2) is 9.18 Å². The van der Waals surface area contributed by atoms with Gasteiger partial charge < -0.3 is 9.84 Å². The number of benzene rings is 1. The molecule has 1 N–H and O–H groups in total. The Morgan fingerprint density at radius 3 is 2.61 bits per heavy atom. The normalized spacial score (nSPS) is 17.9. The number of carbonyl (C=O) groups excluding carboxylic acids is 1. The minimum Gasteiger partial charge on any atom is -0.465 e. The molecule has 1 atom stereocenters. The summed E-state index contributed by atoms with van der Waals surface area (Å²) in [7, 11) is 1.30. The van der Waals surface area contributed by atoms with Crippen LogP contribution in [0.3, 0.4) is 0 Å². The molecule has 1 aliphatic heterocycles. The van der Waals surface area contributed by atoms with Crippen LogP contribution in [0.2, 0.25) is 0 Å². The van der Waals surface area contributed by atoms with E-state index in [1.165, 1.54) is 19.2 Å². The van der Waals surface area contributed by atoms with E-state index in [1.54, 1.807) is 6.07 Å². The number of esters is 1. The largest absolute Gasteiger partial charge is 0.465 e. The van der Waals surface area contributed by atoms with Crippen LogP contribution in [0.15, 0.2) is 18.2 Å². The van der Waals surface area contributed by atoms with Crippen molar-refractivity contribution in [1.29, 1.82) is 0 Å².